The molecule has 1 rings (SSSR count). The van der Waals surface area contributed by atoms with Gasteiger partial charge in [0.05, 0.1) is 0 Å². The molecule has 0 aliphatic heterocycles. The number of hydrogen-bond acceptors (Lipinski definition) is 2. The van der Waals surface area contributed by atoms with E-state index in [1.165, 1.54) is 0 Å². The number of esters is 1. The van der Waals surface area contributed by atoms with Gasteiger partial charge in [0.15, 0.2) is 0 Å². The van der Waals surface area contributed by atoms with Crippen LogP contribution in [-0.2, 0) is 9.53 Å². The Morgan fingerprint density at radius 2 is 1.89 bits per heavy atom. The van der Waals surface area contributed by atoms with E-state index in [1.54, 1.807) is 0 Å². The van der Waals surface area contributed by atoms with Gasteiger partial charge in [-0.2, -0.15) is 13.2 Å². The summed E-state index contributed by atoms with van der Waals surface area (Å²) in [5.41, 5.74) is -1.42. The fourth-order valence-electron chi connectivity index (χ4n) is 2.57. The van der Waals surface area contributed by atoms with Gasteiger partial charge in [-0.15, -0.1) is 0 Å². The van der Waals surface area contributed by atoms with Crippen LogP contribution in [0.4, 0.5) is 13.2 Å². The summed E-state index contributed by atoms with van der Waals surface area (Å²) in [5, 5.41) is 0. The predicted octanol–water partition coefficient (Wildman–Crippen LogP) is 4.11. The van der Waals surface area contributed by atoms with Crippen molar-refractivity contribution in [3.05, 3.63) is 12.2 Å². The minimum absolute atomic E-state index is 0.126. The molecule has 0 aromatic rings. The second-order valence-electron chi connectivity index (χ2n) is 5.75. The van der Waals surface area contributed by atoms with Crippen LogP contribution in [0.1, 0.15) is 40.0 Å². The molecule has 110 valence electrons. The highest BCUT2D eigenvalue weighted by Crippen LogP contribution is 2.36. The average molecular weight is 278 g/mol. The third kappa shape index (κ3) is 4.25. The van der Waals surface area contributed by atoms with Crippen molar-refractivity contribution in [2.75, 3.05) is 0 Å². The van der Waals surface area contributed by atoms with Gasteiger partial charge < -0.3 is 4.74 Å². The van der Waals surface area contributed by atoms with Crippen LogP contribution in [0.3, 0.4) is 0 Å². The van der Waals surface area contributed by atoms with Gasteiger partial charge in [-0.05, 0) is 30.6 Å². The van der Waals surface area contributed by atoms with E-state index in [2.05, 4.69) is 6.58 Å². The van der Waals surface area contributed by atoms with Gasteiger partial charge in [0.2, 0.25) is 0 Å². The largest absolute Gasteiger partial charge is 0.458 e. The first-order valence-corrected chi connectivity index (χ1v) is 6.60. The summed E-state index contributed by atoms with van der Waals surface area (Å²) in [7, 11) is 0. The van der Waals surface area contributed by atoms with Crippen molar-refractivity contribution in [2.45, 2.75) is 52.3 Å². The van der Waals surface area contributed by atoms with E-state index < -0.39 is 23.8 Å². The summed E-state index contributed by atoms with van der Waals surface area (Å²) in [6, 6.07) is 0. The molecule has 0 spiro atoms. The van der Waals surface area contributed by atoms with Crippen LogP contribution in [0.2, 0.25) is 0 Å². The molecule has 1 fully saturated rings. The highest BCUT2D eigenvalue weighted by Gasteiger charge is 2.40. The molecule has 5 heteroatoms. The monoisotopic (exact) mass is 278 g/mol. The zero-order valence-electron chi connectivity index (χ0n) is 11.6. The first kappa shape index (κ1) is 16.1. The first-order chi connectivity index (χ1) is 8.62. The Labute approximate surface area is 112 Å². The Morgan fingerprint density at radius 3 is 2.37 bits per heavy atom. The summed E-state index contributed by atoms with van der Waals surface area (Å²) in [5.74, 6) is -0.560. The van der Waals surface area contributed by atoms with Crippen molar-refractivity contribution in [1.29, 1.82) is 0 Å². The van der Waals surface area contributed by atoms with Gasteiger partial charge in [0.1, 0.15) is 11.7 Å². The molecule has 0 heterocycles. The third-order valence-corrected chi connectivity index (χ3v) is 3.81. The molecule has 0 aromatic heterocycles. The van der Waals surface area contributed by atoms with E-state index in [0.29, 0.717) is 12.3 Å². The van der Waals surface area contributed by atoms with Gasteiger partial charge >= 0.3 is 12.1 Å². The van der Waals surface area contributed by atoms with Gasteiger partial charge in [-0.3, -0.25) is 0 Å². The van der Waals surface area contributed by atoms with Crippen LogP contribution in [0.5, 0.6) is 0 Å². The van der Waals surface area contributed by atoms with Crippen LogP contribution in [0.25, 0.3) is 0 Å². The van der Waals surface area contributed by atoms with Crippen molar-refractivity contribution in [1.82, 2.24) is 0 Å². The molecular formula is C14H21F3O2. The molecule has 19 heavy (non-hydrogen) atoms. The summed E-state index contributed by atoms with van der Waals surface area (Å²) >= 11 is 0. The van der Waals surface area contributed by atoms with E-state index >= 15 is 0 Å². The summed E-state index contributed by atoms with van der Waals surface area (Å²) < 4.78 is 42.2. The highest BCUT2D eigenvalue weighted by molar-refractivity contribution is 5.89. The fraction of sp³-hybridized carbons (Fsp3) is 0.786. The van der Waals surface area contributed by atoms with Crippen LogP contribution in [-0.4, -0.2) is 18.2 Å². The Morgan fingerprint density at radius 1 is 1.32 bits per heavy atom. The number of halogens is 3. The van der Waals surface area contributed by atoms with Crippen LogP contribution < -0.4 is 0 Å². The zero-order chi connectivity index (χ0) is 14.8. The Bertz CT molecular complexity index is 347. The second kappa shape index (κ2) is 5.97. The number of alkyl halides is 3. The molecular weight excluding hydrogens is 257 g/mol. The molecule has 0 bridgehead atoms. The Kier molecular flexibility index (Phi) is 5.04. The van der Waals surface area contributed by atoms with Crippen molar-refractivity contribution in [3.63, 3.8) is 0 Å². The van der Waals surface area contributed by atoms with Gasteiger partial charge in [-0.25, -0.2) is 4.79 Å². The number of ether oxygens (including phenoxy) is 1. The minimum Gasteiger partial charge on any atom is -0.458 e. The lowest BCUT2D eigenvalue weighted by Crippen LogP contribution is -2.37. The lowest BCUT2D eigenvalue weighted by Gasteiger charge is -2.36. The zero-order valence-corrected chi connectivity index (χ0v) is 11.6. The van der Waals surface area contributed by atoms with Crippen molar-refractivity contribution >= 4 is 5.97 Å². The Balaban J connectivity index is 2.71. The van der Waals surface area contributed by atoms with E-state index in [1.807, 2.05) is 20.8 Å². The topological polar surface area (TPSA) is 26.3 Å². The van der Waals surface area contributed by atoms with E-state index in [9.17, 15) is 18.0 Å². The maximum Gasteiger partial charge on any atom is 0.422 e. The van der Waals surface area contributed by atoms with Crippen LogP contribution >= 0.6 is 0 Å². The summed E-state index contributed by atoms with van der Waals surface area (Å²) in [6.07, 6.45) is -2.62. The second-order valence-corrected chi connectivity index (χ2v) is 5.75. The quantitative estimate of drug-likeness (QED) is 0.573. The van der Waals surface area contributed by atoms with Crippen molar-refractivity contribution < 1.29 is 22.7 Å². The molecule has 2 nitrogen and oxygen atoms in total. The molecule has 1 aliphatic carbocycles. The average Bonchev–Trinajstić information content (AvgIpc) is 2.26. The van der Waals surface area contributed by atoms with Gasteiger partial charge in [-0.1, -0.05) is 33.8 Å². The smallest absolute Gasteiger partial charge is 0.422 e. The van der Waals surface area contributed by atoms with Crippen LogP contribution in [0.15, 0.2) is 12.2 Å². The molecule has 0 amide bonds. The molecule has 1 aliphatic rings. The predicted molar refractivity (Wildman–Crippen MR) is 66.4 cm³/mol. The molecule has 0 saturated heterocycles. The third-order valence-electron chi connectivity index (χ3n) is 3.81. The van der Waals surface area contributed by atoms with Crippen molar-refractivity contribution in [3.8, 4) is 0 Å². The lowest BCUT2D eigenvalue weighted by molar-refractivity contribution is -0.161. The number of hydrogen-bond donors (Lipinski definition) is 0. The Hall–Kier alpha value is -1.00. The SMILES string of the molecule is C=C(C(=O)OC1CC(C)CCC1C(C)C)C(F)(F)F. The highest BCUT2D eigenvalue weighted by atomic mass is 19.4. The first-order valence-electron chi connectivity index (χ1n) is 6.60. The molecule has 1 saturated carbocycles. The maximum atomic E-state index is 12.4. The number of carbonyl (C=O) groups excluding carboxylic acids is 1. The summed E-state index contributed by atoms with van der Waals surface area (Å²) in [6.45, 7) is 8.80. The maximum absolute atomic E-state index is 12.4. The number of rotatable bonds is 3. The minimum atomic E-state index is -4.72. The van der Waals surface area contributed by atoms with Gasteiger partial charge in [0, 0.05) is 0 Å². The molecule has 0 aromatic carbocycles. The molecule has 0 radical (unpaired) electrons. The normalized spacial score (nSPS) is 28.3. The molecule has 3 atom stereocenters. The van der Waals surface area contributed by atoms with Gasteiger partial charge in [0.25, 0.3) is 0 Å². The van der Waals surface area contributed by atoms with E-state index in [-0.39, 0.29) is 11.8 Å². The fourth-order valence-corrected chi connectivity index (χ4v) is 2.57. The van der Waals surface area contributed by atoms with E-state index in [0.717, 1.165) is 12.8 Å². The molecule has 3 unspecified atom stereocenters. The number of carbonyl (C=O) groups is 1. The lowest BCUT2D eigenvalue weighted by atomic mass is 9.75. The van der Waals surface area contributed by atoms with Crippen molar-refractivity contribution in [2.24, 2.45) is 17.8 Å². The van der Waals surface area contributed by atoms with Crippen LogP contribution in [0, 0.1) is 17.8 Å². The molecule has 0 N–H and O–H groups in total. The standard InChI is InChI=1S/C14H21F3O2/c1-8(2)11-6-5-9(3)7-12(11)19-13(18)10(4)14(15,16)17/h8-9,11-12H,4-7H2,1-3H3. The van der Waals surface area contributed by atoms with E-state index in [4.69, 9.17) is 4.74 Å². The summed E-state index contributed by atoms with van der Waals surface area (Å²) in [4.78, 5) is 11.5.